The molecule has 0 heterocycles. The minimum absolute atomic E-state index is 0.289. The molecule has 128 valence electrons. The molecule has 0 aliphatic heterocycles. The highest BCUT2D eigenvalue weighted by Crippen LogP contribution is 2.21. The number of carbonyl (C=O) groups is 2. The number of rotatable bonds is 12. The van der Waals surface area contributed by atoms with Crippen LogP contribution in [0.1, 0.15) is 19.8 Å². The molecule has 1 unspecified atom stereocenters. The SMILES string of the molecule is CCCN(CCC=O)c1ccc(N(C)CC(CN)OC=O)cc1. The zero-order valence-electron chi connectivity index (χ0n) is 14.0. The van der Waals surface area contributed by atoms with Gasteiger partial charge in [0, 0.05) is 44.5 Å². The van der Waals surface area contributed by atoms with Gasteiger partial charge in [-0.25, -0.2) is 0 Å². The van der Waals surface area contributed by atoms with E-state index in [1.807, 2.05) is 36.2 Å². The lowest BCUT2D eigenvalue weighted by molar-refractivity contribution is -0.132. The molecule has 0 saturated carbocycles. The third-order valence-electron chi connectivity index (χ3n) is 3.65. The highest BCUT2D eigenvalue weighted by Gasteiger charge is 2.12. The molecule has 6 heteroatoms. The molecule has 1 rings (SSSR count). The van der Waals surface area contributed by atoms with Crippen LogP contribution in [-0.4, -0.2) is 52.1 Å². The van der Waals surface area contributed by atoms with E-state index < -0.39 is 0 Å². The molecule has 0 aromatic heterocycles. The number of likely N-dealkylation sites (N-methyl/N-ethyl adjacent to an activating group) is 1. The topological polar surface area (TPSA) is 75.9 Å². The van der Waals surface area contributed by atoms with Crippen LogP contribution in [0.5, 0.6) is 0 Å². The van der Waals surface area contributed by atoms with E-state index in [0.717, 1.165) is 37.2 Å². The Morgan fingerprint density at radius 2 is 1.83 bits per heavy atom. The van der Waals surface area contributed by atoms with Gasteiger partial charge in [-0.3, -0.25) is 4.79 Å². The van der Waals surface area contributed by atoms with E-state index in [4.69, 9.17) is 10.5 Å². The van der Waals surface area contributed by atoms with Crippen molar-refractivity contribution in [3.05, 3.63) is 24.3 Å². The first-order valence-electron chi connectivity index (χ1n) is 7.95. The number of hydrogen-bond acceptors (Lipinski definition) is 6. The van der Waals surface area contributed by atoms with Crippen LogP contribution in [0.25, 0.3) is 0 Å². The minimum atomic E-state index is -0.318. The second-order valence-corrected chi connectivity index (χ2v) is 5.43. The predicted octanol–water partition coefficient (Wildman–Crippen LogP) is 1.43. The van der Waals surface area contributed by atoms with Crippen LogP contribution in [-0.2, 0) is 14.3 Å². The fourth-order valence-corrected chi connectivity index (χ4v) is 2.43. The summed E-state index contributed by atoms with van der Waals surface area (Å²) in [6.45, 7) is 5.04. The number of nitrogens with zero attached hydrogens (tertiary/aromatic N) is 2. The van der Waals surface area contributed by atoms with Gasteiger partial charge >= 0.3 is 0 Å². The molecule has 0 amide bonds. The number of hydrogen-bond donors (Lipinski definition) is 1. The lowest BCUT2D eigenvalue weighted by Gasteiger charge is -2.26. The molecule has 1 atom stereocenters. The Bertz CT molecular complexity index is 465. The lowest BCUT2D eigenvalue weighted by Crippen LogP contribution is -2.36. The summed E-state index contributed by atoms with van der Waals surface area (Å²) in [5.74, 6) is 0. The fraction of sp³-hybridized carbons (Fsp3) is 0.529. The van der Waals surface area contributed by atoms with Crippen molar-refractivity contribution in [3.8, 4) is 0 Å². The van der Waals surface area contributed by atoms with Crippen molar-refractivity contribution in [2.75, 3.05) is 43.0 Å². The van der Waals surface area contributed by atoms with E-state index in [9.17, 15) is 9.59 Å². The summed E-state index contributed by atoms with van der Waals surface area (Å²) >= 11 is 0. The maximum atomic E-state index is 10.6. The van der Waals surface area contributed by atoms with Gasteiger partial charge < -0.3 is 25.1 Å². The first-order valence-corrected chi connectivity index (χ1v) is 7.95. The molecule has 1 aromatic rings. The number of anilines is 2. The third kappa shape index (κ3) is 6.28. The molecule has 23 heavy (non-hydrogen) atoms. The van der Waals surface area contributed by atoms with E-state index in [1.54, 1.807) is 0 Å². The molecule has 0 spiro atoms. The molecule has 0 aliphatic rings. The van der Waals surface area contributed by atoms with Gasteiger partial charge in [0.2, 0.25) is 0 Å². The maximum absolute atomic E-state index is 10.6. The van der Waals surface area contributed by atoms with Crippen LogP contribution < -0.4 is 15.5 Å². The van der Waals surface area contributed by atoms with Crippen LogP contribution in [0, 0.1) is 0 Å². The highest BCUT2D eigenvalue weighted by molar-refractivity contribution is 5.57. The summed E-state index contributed by atoms with van der Waals surface area (Å²) in [7, 11) is 1.93. The Kier molecular flexibility index (Phi) is 8.75. The molecule has 6 nitrogen and oxygen atoms in total. The smallest absolute Gasteiger partial charge is 0.293 e. The Morgan fingerprint density at radius 3 is 2.35 bits per heavy atom. The zero-order valence-corrected chi connectivity index (χ0v) is 14.0. The van der Waals surface area contributed by atoms with Gasteiger partial charge in [-0.2, -0.15) is 0 Å². The molecule has 0 saturated heterocycles. The summed E-state index contributed by atoms with van der Waals surface area (Å²) in [6.07, 6.45) is 2.19. The number of aldehydes is 1. The molecule has 0 fully saturated rings. The Morgan fingerprint density at radius 1 is 1.17 bits per heavy atom. The highest BCUT2D eigenvalue weighted by atomic mass is 16.5. The van der Waals surface area contributed by atoms with E-state index >= 15 is 0 Å². The summed E-state index contributed by atoms with van der Waals surface area (Å²) in [5, 5.41) is 0. The number of benzene rings is 1. The van der Waals surface area contributed by atoms with Gasteiger partial charge in [-0.05, 0) is 30.7 Å². The Labute approximate surface area is 138 Å². The van der Waals surface area contributed by atoms with Gasteiger partial charge in [-0.1, -0.05) is 6.92 Å². The molecule has 0 radical (unpaired) electrons. The van der Waals surface area contributed by atoms with Crippen LogP contribution in [0.3, 0.4) is 0 Å². The molecule has 2 N–H and O–H groups in total. The first kappa shape index (κ1) is 19.0. The van der Waals surface area contributed by atoms with Crippen LogP contribution in [0.4, 0.5) is 11.4 Å². The standard InChI is InChI=1S/C17H27N3O3/c1-3-9-20(10-4-11-21)16-7-5-15(6-8-16)19(2)13-17(12-18)23-14-22/h5-8,11,14,17H,3-4,9-10,12-13,18H2,1-2H3. The van der Waals surface area contributed by atoms with E-state index in [0.29, 0.717) is 19.4 Å². The molecular formula is C17H27N3O3. The molecular weight excluding hydrogens is 294 g/mol. The normalized spacial score (nSPS) is 11.6. The van der Waals surface area contributed by atoms with Crippen LogP contribution in [0.15, 0.2) is 24.3 Å². The molecule has 0 aliphatic carbocycles. The zero-order chi connectivity index (χ0) is 17.1. The van der Waals surface area contributed by atoms with Crippen LogP contribution in [0.2, 0.25) is 0 Å². The Balaban J connectivity index is 2.72. The quantitative estimate of drug-likeness (QED) is 0.587. The largest absolute Gasteiger partial charge is 0.461 e. The average molecular weight is 321 g/mol. The van der Waals surface area contributed by atoms with Crippen molar-refractivity contribution in [3.63, 3.8) is 0 Å². The second-order valence-electron chi connectivity index (χ2n) is 5.43. The van der Waals surface area contributed by atoms with Gasteiger partial charge in [0.1, 0.15) is 12.4 Å². The number of nitrogens with two attached hydrogens (primary N) is 1. The van der Waals surface area contributed by atoms with Crippen LogP contribution >= 0.6 is 0 Å². The Hall–Kier alpha value is -2.08. The van der Waals surface area contributed by atoms with E-state index in [2.05, 4.69) is 11.8 Å². The lowest BCUT2D eigenvalue weighted by atomic mass is 10.2. The fourth-order valence-electron chi connectivity index (χ4n) is 2.43. The maximum Gasteiger partial charge on any atom is 0.293 e. The predicted molar refractivity (Wildman–Crippen MR) is 92.9 cm³/mol. The first-order chi connectivity index (χ1) is 11.2. The summed E-state index contributed by atoms with van der Waals surface area (Å²) in [4.78, 5) is 25.2. The number of ether oxygens (including phenoxy) is 1. The van der Waals surface area contributed by atoms with E-state index in [-0.39, 0.29) is 12.6 Å². The summed E-state index contributed by atoms with van der Waals surface area (Å²) in [6, 6.07) is 8.13. The van der Waals surface area contributed by atoms with Crippen molar-refractivity contribution >= 4 is 24.1 Å². The monoisotopic (exact) mass is 321 g/mol. The third-order valence-corrected chi connectivity index (χ3v) is 3.65. The van der Waals surface area contributed by atoms with Gasteiger partial charge in [0.05, 0.1) is 6.54 Å². The van der Waals surface area contributed by atoms with E-state index in [1.165, 1.54) is 0 Å². The second kappa shape index (κ2) is 10.6. The summed E-state index contributed by atoms with van der Waals surface area (Å²) < 4.78 is 4.93. The van der Waals surface area contributed by atoms with Gasteiger partial charge in [0.25, 0.3) is 6.47 Å². The van der Waals surface area contributed by atoms with Gasteiger partial charge in [0.15, 0.2) is 0 Å². The molecule has 0 bridgehead atoms. The van der Waals surface area contributed by atoms with Crippen molar-refractivity contribution in [1.82, 2.24) is 0 Å². The summed E-state index contributed by atoms with van der Waals surface area (Å²) in [5.41, 5.74) is 7.71. The van der Waals surface area contributed by atoms with Crippen molar-refractivity contribution in [2.24, 2.45) is 5.73 Å². The minimum Gasteiger partial charge on any atom is -0.461 e. The van der Waals surface area contributed by atoms with Crippen molar-refractivity contribution < 1.29 is 14.3 Å². The van der Waals surface area contributed by atoms with Crippen molar-refractivity contribution in [1.29, 1.82) is 0 Å². The number of carbonyl (C=O) groups excluding carboxylic acids is 2. The van der Waals surface area contributed by atoms with Crippen molar-refractivity contribution in [2.45, 2.75) is 25.9 Å². The average Bonchev–Trinajstić information content (AvgIpc) is 2.58. The molecule has 1 aromatic carbocycles. The van der Waals surface area contributed by atoms with Gasteiger partial charge in [-0.15, -0.1) is 0 Å².